The lowest BCUT2D eigenvalue weighted by atomic mass is 10.0. The van der Waals surface area contributed by atoms with Gasteiger partial charge < -0.3 is 5.11 Å². The molecular formula is C15H11NO4S. The number of carbonyl (C=O) groups is 1. The van der Waals surface area contributed by atoms with E-state index in [1.807, 2.05) is 30.3 Å². The van der Waals surface area contributed by atoms with E-state index in [-0.39, 0.29) is 10.5 Å². The predicted octanol–water partition coefficient (Wildman–Crippen LogP) is 2.04. The van der Waals surface area contributed by atoms with Gasteiger partial charge in [0, 0.05) is 0 Å². The molecule has 0 atom stereocenters. The van der Waals surface area contributed by atoms with Crippen LogP contribution in [0.4, 0.5) is 0 Å². The number of aliphatic hydroxyl groups excluding tert-OH is 1. The Morgan fingerprint density at radius 1 is 0.810 bits per heavy atom. The highest BCUT2D eigenvalue weighted by molar-refractivity contribution is 8.00. The molecule has 0 spiro atoms. The molecule has 106 valence electrons. The molecule has 0 fully saturated rings. The van der Waals surface area contributed by atoms with Crippen molar-refractivity contribution in [2.45, 2.75) is 0 Å². The molecule has 0 aromatic heterocycles. The maximum Gasteiger partial charge on any atom is 0.301 e. The van der Waals surface area contributed by atoms with Crippen molar-refractivity contribution in [2.24, 2.45) is 0 Å². The molecule has 0 bridgehead atoms. The fourth-order valence-corrected chi connectivity index (χ4v) is 3.42. The van der Waals surface area contributed by atoms with Crippen LogP contribution in [0.3, 0.4) is 0 Å². The van der Waals surface area contributed by atoms with Crippen molar-refractivity contribution >= 4 is 20.8 Å². The minimum absolute atomic E-state index is 0.269. The Bertz CT molecular complexity index is 837. The second kappa shape index (κ2) is 4.75. The minimum atomic E-state index is -3.99. The van der Waals surface area contributed by atoms with Gasteiger partial charge in [0.1, 0.15) is 4.91 Å². The SMILES string of the molecule is O=C1NS(=O)(=O)C(c2ccc(-c3ccccc3)cc2)=C1O. The monoisotopic (exact) mass is 301 g/mol. The summed E-state index contributed by atoms with van der Waals surface area (Å²) in [6.45, 7) is 0. The Balaban J connectivity index is 2.05. The van der Waals surface area contributed by atoms with E-state index < -0.39 is 21.7 Å². The van der Waals surface area contributed by atoms with E-state index in [9.17, 15) is 18.3 Å². The van der Waals surface area contributed by atoms with Gasteiger partial charge in [-0.25, -0.2) is 13.1 Å². The summed E-state index contributed by atoms with van der Waals surface area (Å²) in [6.07, 6.45) is 0. The summed E-state index contributed by atoms with van der Waals surface area (Å²) in [7, 11) is -3.99. The van der Waals surface area contributed by atoms with Crippen molar-refractivity contribution in [3.63, 3.8) is 0 Å². The van der Waals surface area contributed by atoms with Gasteiger partial charge in [-0.2, -0.15) is 0 Å². The van der Waals surface area contributed by atoms with Crippen molar-refractivity contribution in [1.29, 1.82) is 0 Å². The smallest absolute Gasteiger partial charge is 0.301 e. The Hall–Kier alpha value is -2.60. The number of carbonyl (C=O) groups excluding carboxylic acids is 1. The van der Waals surface area contributed by atoms with Crippen molar-refractivity contribution in [3.8, 4) is 11.1 Å². The summed E-state index contributed by atoms with van der Waals surface area (Å²) in [5.74, 6) is -1.78. The van der Waals surface area contributed by atoms with Crippen LogP contribution in [0.25, 0.3) is 16.0 Å². The molecule has 0 radical (unpaired) electrons. The first-order valence-electron chi connectivity index (χ1n) is 6.15. The van der Waals surface area contributed by atoms with Crippen LogP contribution in [-0.2, 0) is 14.8 Å². The summed E-state index contributed by atoms with van der Waals surface area (Å²) >= 11 is 0. The van der Waals surface area contributed by atoms with Gasteiger partial charge in [-0.3, -0.25) is 4.79 Å². The quantitative estimate of drug-likeness (QED) is 0.889. The van der Waals surface area contributed by atoms with Gasteiger partial charge in [-0.15, -0.1) is 0 Å². The molecule has 21 heavy (non-hydrogen) atoms. The predicted molar refractivity (Wildman–Crippen MR) is 78.5 cm³/mol. The Morgan fingerprint density at radius 3 is 1.86 bits per heavy atom. The molecular weight excluding hydrogens is 290 g/mol. The van der Waals surface area contributed by atoms with Crippen molar-refractivity contribution < 1.29 is 18.3 Å². The molecule has 6 heteroatoms. The lowest BCUT2D eigenvalue weighted by Crippen LogP contribution is -2.23. The van der Waals surface area contributed by atoms with Crippen LogP contribution in [0.1, 0.15) is 5.56 Å². The van der Waals surface area contributed by atoms with Crippen molar-refractivity contribution in [2.75, 3.05) is 0 Å². The summed E-state index contributed by atoms with van der Waals surface area (Å²) in [5.41, 5.74) is 2.17. The highest BCUT2D eigenvalue weighted by Crippen LogP contribution is 2.29. The number of hydrogen-bond donors (Lipinski definition) is 2. The third-order valence-electron chi connectivity index (χ3n) is 3.18. The van der Waals surface area contributed by atoms with E-state index in [1.54, 1.807) is 29.0 Å². The number of rotatable bonds is 2. The molecule has 2 aromatic rings. The Kier molecular flexibility index (Phi) is 3.03. The lowest BCUT2D eigenvalue weighted by molar-refractivity contribution is -0.117. The number of aliphatic hydroxyl groups is 1. The Labute approximate surface area is 121 Å². The van der Waals surface area contributed by atoms with Crippen LogP contribution in [0.15, 0.2) is 60.4 Å². The fraction of sp³-hybridized carbons (Fsp3) is 0. The molecule has 1 heterocycles. The van der Waals surface area contributed by atoms with Crippen LogP contribution in [-0.4, -0.2) is 19.4 Å². The maximum absolute atomic E-state index is 11.8. The second-order valence-corrected chi connectivity index (χ2v) is 6.17. The average Bonchev–Trinajstić information content (AvgIpc) is 2.68. The largest absolute Gasteiger partial charge is 0.502 e. The molecule has 0 saturated carbocycles. The van der Waals surface area contributed by atoms with Crippen molar-refractivity contribution in [3.05, 3.63) is 65.9 Å². The minimum Gasteiger partial charge on any atom is -0.502 e. The van der Waals surface area contributed by atoms with Gasteiger partial charge in [0.2, 0.25) is 5.76 Å². The normalized spacial score (nSPS) is 16.9. The van der Waals surface area contributed by atoms with Crippen molar-refractivity contribution in [1.82, 2.24) is 4.72 Å². The fourth-order valence-electron chi connectivity index (χ4n) is 2.19. The number of hydrogen-bond acceptors (Lipinski definition) is 4. The Morgan fingerprint density at radius 2 is 1.33 bits per heavy atom. The maximum atomic E-state index is 11.8. The third kappa shape index (κ3) is 2.30. The molecule has 2 N–H and O–H groups in total. The standard InChI is InChI=1S/C15H11NO4S/c17-13-14(21(19,20)16-15(13)18)12-8-6-11(7-9-12)10-4-2-1-3-5-10/h1-9,17H,(H,16,18). The van der Waals surface area contributed by atoms with E-state index in [0.717, 1.165) is 11.1 Å². The number of nitrogens with one attached hydrogen (secondary N) is 1. The van der Waals surface area contributed by atoms with Crippen LogP contribution in [0, 0.1) is 0 Å². The topological polar surface area (TPSA) is 83.5 Å². The highest BCUT2D eigenvalue weighted by Gasteiger charge is 2.36. The van der Waals surface area contributed by atoms with Gasteiger partial charge in [0.15, 0.2) is 0 Å². The molecule has 1 aliphatic heterocycles. The first-order chi connectivity index (χ1) is 9.99. The summed E-state index contributed by atoms with van der Waals surface area (Å²) < 4.78 is 25.3. The van der Waals surface area contributed by atoms with Crippen LogP contribution < -0.4 is 4.72 Å². The molecule has 0 unspecified atom stereocenters. The number of sulfonamides is 1. The van der Waals surface area contributed by atoms with Crippen LogP contribution in [0.2, 0.25) is 0 Å². The lowest BCUT2D eigenvalue weighted by Gasteiger charge is -2.05. The van der Waals surface area contributed by atoms with Gasteiger partial charge in [0.05, 0.1) is 0 Å². The van der Waals surface area contributed by atoms with Crippen LogP contribution >= 0.6 is 0 Å². The zero-order valence-corrected chi connectivity index (χ0v) is 11.6. The van der Waals surface area contributed by atoms with Gasteiger partial charge in [-0.1, -0.05) is 54.6 Å². The van der Waals surface area contributed by atoms with Crippen LogP contribution in [0.5, 0.6) is 0 Å². The molecule has 5 nitrogen and oxygen atoms in total. The average molecular weight is 301 g/mol. The zero-order valence-electron chi connectivity index (χ0n) is 10.8. The first-order valence-corrected chi connectivity index (χ1v) is 7.63. The molecule has 1 aliphatic rings. The second-order valence-electron chi connectivity index (χ2n) is 4.56. The van der Waals surface area contributed by atoms with E-state index in [1.165, 1.54) is 0 Å². The zero-order chi connectivity index (χ0) is 15.0. The van der Waals surface area contributed by atoms with Gasteiger partial charge in [0.25, 0.3) is 10.0 Å². The summed E-state index contributed by atoms with van der Waals surface area (Å²) in [5, 5.41) is 9.62. The molecule has 2 aromatic carbocycles. The number of amides is 1. The summed E-state index contributed by atoms with van der Waals surface area (Å²) in [6, 6.07) is 16.2. The van der Waals surface area contributed by atoms with E-state index in [2.05, 4.69) is 0 Å². The van der Waals surface area contributed by atoms with Gasteiger partial charge in [-0.05, 0) is 16.7 Å². The molecule has 0 saturated heterocycles. The third-order valence-corrected chi connectivity index (χ3v) is 4.60. The van der Waals surface area contributed by atoms with E-state index in [0.29, 0.717) is 0 Å². The summed E-state index contributed by atoms with van der Waals surface area (Å²) in [4.78, 5) is 10.9. The highest BCUT2D eigenvalue weighted by atomic mass is 32.2. The molecule has 3 rings (SSSR count). The van der Waals surface area contributed by atoms with E-state index >= 15 is 0 Å². The first kappa shape index (κ1) is 13.4. The number of benzene rings is 2. The molecule has 0 aliphatic carbocycles. The van der Waals surface area contributed by atoms with E-state index in [4.69, 9.17) is 0 Å². The molecule has 1 amide bonds. The van der Waals surface area contributed by atoms with Gasteiger partial charge >= 0.3 is 5.91 Å².